The minimum Gasteiger partial charge on any atom is -0.481 e. The van der Waals surface area contributed by atoms with Crippen LogP contribution in [0.4, 0.5) is 0 Å². The molecule has 2 N–H and O–H groups in total. The molecule has 0 aliphatic rings. The van der Waals surface area contributed by atoms with Gasteiger partial charge in [-0.25, -0.2) is 0 Å². The number of carboxylic acids is 1. The molecule has 0 saturated heterocycles. The average Bonchev–Trinajstić information content (AvgIpc) is 2.32. The van der Waals surface area contributed by atoms with E-state index in [-0.39, 0.29) is 12.5 Å². The number of aliphatic carboxylic acids is 1. The number of methoxy groups -OCH3 is 1. The molecular weight excluding hydrogens is 222 g/mol. The van der Waals surface area contributed by atoms with Crippen molar-refractivity contribution < 1.29 is 19.4 Å². The molecule has 0 bridgehead atoms. The van der Waals surface area contributed by atoms with Gasteiger partial charge in [-0.3, -0.25) is 9.59 Å². The van der Waals surface area contributed by atoms with Crippen molar-refractivity contribution in [3.05, 3.63) is 0 Å². The minimum atomic E-state index is -0.880. The minimum absolute atomic E-state index is 0.154. The number of nitrogens with one attached hydrogen (secondary N) is 1. The van der Waals surface area contributed by atoms with Gasteiger partial charge in [-0.2, -0.15) is 0 Å². The molecule has 0 aromatic heterocycles. The highest BCUT2D eigenvalue weighted by Crippen LogP contribution is 2.14. The van der Waals surface area contributed by atoms with Crippen molar-refractivity contribution in [2.75, 3.05) is 13.7 Å². The molecule has 2 unspecified atom stereocenters. The molecule has 1 amide bonds. The third-order valence-corrected chi connectivity index (χ3v) is 3.10. The SMILES string of the molecule is CCCC(CNC(=O)C(C)(CC)OC)C(=O)O. The Morgan fingerprint density at radius 2 is 2.00 bits per heavy atom. The summed E-state index contributed by atoms with van der Waals surface area (Å²) in [6.45, 7) is 5.62. The van der Waals surface area contributed by atoms with Crippen LogP contribution in [0.25, 0.3) is 0 Å². The number of carbonyl (C=O) groups excluding carboxylic acids is 1. The van der Waals surface area contributed by atoms with Gasteiger partial charge in [0.05, 0.1) is 5.92 Å². The lowest BCUT2D eigenvalue weighted by Gasteiger charge is -2.26. The molecule has 0 aliphatic carbocycles. The fourth-order valence-electron chi connectivity index (χ4n) is 1.46. The van der Waals surface area contributed by atoms with Crippen molar-refractivity contribution in [1.82, 2.24) is 5.32 Å². The number of ether oxygens (including phenoxy) is 1. The summed E-state index contributed by atoms with van der Waals surface area (Å²) < 4.78 is 5.14. The monoisotopic (exact) mass is 245 g/mol. The second-order valence-electron chi connectivity index (χ2n) is 4.32. The first-order valence-corrected chi connectivity index (χ1v) is 5.97. The number of carbonyl (C=O) groups is 2. The summed E-state index contributed by atoms with van der Waals surface area (Å²) in [5, 5.41) is 11.6. The third-order valence-electron chi connectivity index (χ3n) is 3.10. The maximum Gasteiger partial charge on any atom is 0.308 e. The highest BCUT2D eigenvalue weighted by molar-refractivity contribution is 5.85. The van der Waals surface area contributed by atoms with E-state index in [2.05, 4.69) is 5.32 Å². The lowest BCUT2D eigenvalue weighted by molar-refractivity contribution is -0.144. The molecule has 0 aromatic rings. The fourth-order valence-corrected chi connectivity index (χ4v) is 1.46. The van der Waals surface area contributed by atoms with Gasteiger partial charge in [0.15, 0.2) is 0 Å². The van der Waals surface area contributed by atoms with Gasteiger partial charge in [-0.15, -0.1) is 0 Å². The second-order valence-corrected chi connectivity index (χ2v) is 4.32. The summed E-state index contributed by atoms with van der Waals surface area (Å²) in [5.41, 5.74) is -0.880. The van der Waals surface area contributed by atoms with E-state index >= 15 is 0 Å². The zero-order chi connectivity index (χ0) is 13.5. The lowest BCUT2D eigenvalue weighted by atomic mass is 10.0. The molecule has 5 nitrogen and oxygen atoms in total. The molecule has 0 rings (SSSR count). The van der Waals surface area contributed by atoms with Gasteiger partial charge in [0.25, 0.3) is 5.91 Å². The number of rotatable bonds is 8. The van der Waals surface area contributed by atoms with Crippen LogP contribution >= 0.6 is 0 Å². The summed E-state index contributed by atoms with van der Waals surface area (Å²) in [7, 11) is 1.48. The Hall–Kier alpha value is -1.10. The van der Waals surface area contributed by atoms with E-state index < -0.39 is 17.5 Å². The van der Waals surface area contributed by atoms with Gasteiger partial charge in [-0.1, -0.05) is 20.3 Å². The van der Waals surface area contributed by atoms with E-state index in [1.807, 2.05) is 13.8 Å². The Balaban J connectivity index is 4.34. The molecule has 0 saturated carbocycles. The molecule has 0 fully saturated rings. The Morgan fingerprint density at radius 3 is 2.35 bits per heavy atom. The molecule has 2 atom stereocenters. The Labute approximate surface area is 103 Å². The summed E-state index contributed by atoms with van der Waals surface area (Å²) in [5.74, 6) is -1.66. The van der Waals surface area contributed by atoms with Gasteiger partial charge in [0.1, 0.15) is 5.60 Å². The highest BCUT2D eigenvalue weighted by Gasteiger charge is 2.31. The second kappa shape index (κ2) is 7.27. The molecule has 0 spiro atoms. The van der Waals surface area contributed by atoms with Crippen LogP contribution in [0, 0.1) is 5.92 Å². The predicted molar refractivity (Wildman–Crippen MR) is 64.7 cm³/mol. The summed E-state index contributed by atoms with van der Waals surface area (Å²) in [6, 6.07) is 0. The van der Waals surface area contributed by atoms with Crippen LogP contribution < -0.4 is 5.32 Å². The van der Waals surface area contributed by atoms with Gasteiger partial charge < -0.3 is 15.2 Å². The van der Waals surface area contributed by atoms with Crippen LogP contribution in [0.15, 0.2) is 0 Å². The first-order valence-electron chi connectivity index (χ1n) is 5.97. The highest BCUT2D eigenvalue weighted by atomic mass is 16.5. The first-order chi connectivity index (χ1) is 7.91. The normalized spacial score (nSPS) is 16.0. The topological polar surface area (TPSA) is 75.6 Å². The molecule has 0 heterocycles. The number of hydrogen-bond donors (Lipinski definition) is 2. The van der Waals surface area contributed by atoms with Crippen molar-refractivity contribution in [2.45, 2.75) is 45.6 Å². The van der Waals surface area contributed by atoms with Crippen molar-refractivity contribution in [3.63, 3.8) is 0 Å². The number of amides is 1. The van der Waals surface area contributed by atoms with Crippen LogP contribution in [-0.2, 0) is 14.3 Å². The van der Waals surface area contributed by atoms with E-state index in [0.717, 1.165) is 6.42 Å². The Morgan fingerprint density at radius 1 is 1.41 bits per heavy atom. The molecule has 0 aromatic carbocycles. The largest absolute Gasteiger partial charge is 0.481 e. The van der Waals surface area contributed by atoms with Crippen molar-refractivity contribution in [1.29, 1.82) is 0 Å². The van der Waals surface area contributed by atoms with Gasteiger partial charge in [0.2, 0.25) is 0 Å². The molecular formula is C12H23NO4. The zero-order valence-electron chi connectivity index (χ0n) is 11.1. The number of hydrogen-bond acceptors (Lipinski definition) is 3. The predicted octanol–water partition coefficient (Wildman–Crippen LogP) is 1.42. The Bertz CT molecular complexity index is 261. The van der Waals surface area contributed by atoms with Crippen molar-refractivity contribution >= 4 is 11.9 Å². The van der Waals surface area contributed by atoms with Crippen LogP contribution in [0.1, 0.15) is 40.0 Å². The quantitative estimate of drug-likeness (QED) is 0.678. The standard InChI is InChI=1S/C12H23NO4/c1-5-7-9(10(14)15)8-13-11(16)12(3,6-2)17-4/h9H,5-8H2,1-4H3,(H,13,16)(H,14,15). The zero-order valence-corrected chi connectivity index (χ0v) is 11.1. The van der Waals surface area contributed by atoms with Crippen LogP contribution in [0.5, 0.6) is 0 Å². The summed E-state index contributed by atoms with van der Waals surface area (Å²) in [6.07, 6.45) is 1.88. The first kappa shape index (κ1) is 15.9. The summed E-state index contributed by atoms with van der Waals surface area (Å²) >= 11 is 0. The van der Waals surface area contributed by atoms with E-state index in [1.165, 1.54) is 7.11 Å². The average molecular weight is 245 g/mol. The molecule has 5 heteroatoms. The molecule has 0 radical (unpaired) electrons. The van der Waals surface area contributed by atoms with Gasteiger partial charge in [0, 0.05) is 13.7 Å². The van der Waals surface area contributed by atoms with Crippen molar-refractivity contribution in [3.8, 4) is 0 Å². The summed E-state index contributed by atoms with van der Waals surface area (Å²) in [4.78, 5) is 22.7. The lowest BCUT2D eigenvalue weighted by Crippen LogP contribution is -2.47. The van der Waals surface area contributed by atoms with E-state index in [4.69, 9.17) is 9.84 Å². The van der Waals surface area contributed by atoms with Crippen LogP contribution in [0.2, 0.25) is 0 Å². The number of carboxylic acid groups (broad SMARTS) is 1. The molecule has 100 valence electrons. The van der Waals surface area contributed by atoms with Crippen LogP contribution in [-0.4, -0.2) is 36.2 Å². The van der Waals surface area contributed by atoms with Crippen molar-refractivity contribution in [2.24, 2.45) is 5.92 Å². The van der Waals surface area contributed by atoms with E-state index in [1.54, 1.807) is 6.92 Å². The van der Waals surface area contributed by atoms with Gasteiger partial charge >= 0.3 is 5.97 Å². The van der Waals surface area contributed by atoms with E-state index in [0.29, 0.717) is 12.8 Å². The molecule has 0 aliphatic heterocycles. The third kappa shape index (κ3) is 4.73. The smallest absolute Gasteiger partial charge is 0.308 e. The van der Waals surface area contributed by atoms with Crippen LogP contribution in [0.3, 0.4) is 0 Å². The Kier molecular flexibility index (Phi) is 6.80. The van der Waals surface area contributed by atoms with E-state index in [9.17, 15) is 9.59 Å². The van der Waals surface area contributed by atoms with Gasteiger partial charge in [-0.05, 0) is 19.8 Å². The fraction of sp³-hybridized carbons (Fsp3) is 0.833. The molecule has 17 heavy (non-hydrogen) atoms. The maximum absolute atomic E-state index is 11.8. The maximum atomic E-state index is 11.8.